The molecule has 0 aliphatic carbocycles. The first-order valence-corrected chi connectivity index (χ1v) is 10.2. The van der Waals surface area contributed by atoms with Crippen molar-refractivity contribution in [2.24, 2.45) is 0 Å². The van der Waals surface area contributed by atoms with Gasteiger partial charge in [-0.3, -0.25) is 0 Å². The third-order valence-electron chi connectivity index (χ3n) is 3.89. The fourth-order valence-electron chi connectivity index (χ4n) is 2.66. The normalized spacial score (nSPS) is 12.8. The van der Waals surface area contributed by atoms with Gasteiger partial charge in [-0.1, -0.05) is 48.5 Å². The number of benzene rings is 3. The molecule has 0 aliphatic heterocycles. The van der Waals surface area contributed by atoms with Gasteiger partial charge in [0, 0.05) is 10.9 Å². The van der Waals surface area contributed by atoms with E-state index < -0.39 is 26.8 Å². The number of aromatic carboxylic acids is 1. The molecule has 0 fully saturated rings. The molecule has 0 heterocycles. The minimum Gasteiger partial charge on any atom is -0.545 e. The zero-order valence-electron chi connectivity index (χ0n) is 13.6. The van der Waals surface area contributed by atoms with Crippen LogP contribution in [0.3, 0.4) is 0 Å². The molecule has 3 aromatic rings. The van der Waals surface area contributed by atoms with Crippen LogP contribution >= 0.6 is 0 Å². The topological polar surface area (TPSA) is 103 Å². The molecule has 0 aliphatic rings. The van der Waals surface area contributed by atoms with E-state index in [0.717, 1.165) is 0 Å². The molecule has 0 saturated heterocycles. The van der Waals surface area contributed by atoms with Gasteiger partial charge < -0.3 is 9.90 Å². The third-order valence-corrected chi connectivity index (χ3v) is 7.03. The van der Waals surface area contributed by atoms with E-state index in [1.807, 2.05) is 0 Å². The van der Waals surface area contributed by atoms with Gasteiger partial charge in [0.05, 0.1) is 26.6 Å². The highest BCUT2D eigenvalue weighted by atomic mass is 32.2. The fourth-order valence-corrected chi connectivity index (χ4v) is 5.49. The first kappa shape index (κ1) is 18.2. The number of carbonyl (C=O) groups is 1. The number of hydrogen-bond acceptors (Lipinski definition) is 5. The number of rotatable bonds is 5. The van der Waals surface area contributed by atoms with E-state index in [4.69, 9.17) is 0 Å². The molecule has 3 rings (SSSR count). The van der Waals surface area contributed by atoms with Gasteiger partial charge in [-0.25, -0.2) is 17.3 Å². The average molecular weight is 388 g/mol. The lowest BCUT2D eigenvalue weighted by Gasteiger charge is -2.15. The standard InChI is InChI=1S/C18H15NO5S2/c1-19-26(23,24)17-13-7-3-2-6-12(13)10-11-16(17)25(22)15-9-5-4-8-14(15)18(20)21/h2-11,19H,1H3,(H,20,21)/p-1/t25-/m0/s1. The Labute approximate surface area is 153 Å². The van der Waals surface area contributed by atoms with Crippen LogP contribution in [0.25, 0.3) is 10.8 Å². The Balaban J connectivity index is 2.35. The summed E-state index contributed by atoms with van der Waals surface area (Å²) in [4.78, 5) is 11.2. The van der Waals surface area contributed by atoms with Gasteiger partial charge in [-0.15, -0.1) is 0 Å². The zero-order valence-corrected chi connectivity index (χ0v) is 15.3. The highest BCUT2D eigenvalue weighted by molar-refractivity contribution is 7.91. The van der Waals surface area contributed by atoms with Crippen molar-refractivity contribution in [3.05, 3.63) is 66.2 Å². The second-order valence-electron chi connectivity index (χ2n) is 5.37. The average Bonchev–Trinajstić information content (AvgIpc) is 2.66. The van der Waals surface area contributed by atoms with Crippen LogP contribution in [0.2, 0.25) is 0 Å². The maximum Gasteiger partial charge on any atom is 0.242 e. The largest absolute Gasteiger partial charge is 0.545 e. The summed E-state index contributed by atoms with van der Waals surface area (Å²) in [6.07, 6.45) is 0. The second-order valence-corrected chi connectivity index (χ2v) is 8.61. The molecule has 3 aromatic carbocycles. The van der Waals surface area contributed by atoms with E-state index in [-0.39, 0.29) is 20.2 Å². The van der Waals surface area contributed by atoms with Crippen molar-refractivity contribution in [1.29, 1.82) is 0 Å². The van der Waals surface area contributed by atoms with Crippen LogP contribution in [0.1, 0.15) is 10.4 Å². The van der Waals surface area contributed by atoms with Gasteiger partial charge in [0.25, 0.3) is 0 Å². The van der Waals surface area contributed by atoms with Crippen molar-refractivity contribution in [1.82, 2.24) is 4.72 Å². The number of carbonyl (C=O) groups excluding carboxylic acids is 1. The summed E-state index contributed by atoms with van der Waals surface area (Å²) < 4.78 is 40.6. The molecule has 0 amide bonds. The fraction of sp³-hybridized carbons (Fsp3) is 0.0556. The molecule has 26 heavy (non-hydrogen) atoms. The van der Waals surface area contributed by atoms with Crippen molar-refractivity contribution in [3.8, 4) is 0 Å². The molecule has 0 unspecified atom stereocenters. The van der Waals surface area contributed by atoms with Gasteiger partial charge in [0.2, 0.25) is 10.0 Å². The first-order valence-electron chi connectivity index (χ1n) is 7.54. The Bertz CT molecular complexity index is 1140. The lowest BCUT2D eigenvalue weighted by Crippen LogP contribution is -2.24. The van der Waals surface area contributed by atoms with Crippen LogP contribution in [-0.4, -0.2) is 25.6 Å². The monoisotopic (exact) mass is 388 g/mol. The molecular weight excluding hydrogens is 374 g/mol. The summed E-state index contributed by atoms with van der Waals surface area (Å²) in [5, 5.41) is 12.4. The number of hydrogen-bond donors (Lipinski definition) is 1. The van der Waals surface area contributed by atoms with Crippen molar-refractivity contribution >= 4 is 37.6 Å². The number of carboxylic acids is 1. The quantitative estimate of drug-likeness (QED) is 0.709. The van der Waals surface area contributed by atoms with Crippen molar-refractivity contribution in [2.45, 2.75) is 14.7 Å². The summed E-state index contributed by atoms with van der Waals surface area (Å²) in [5.74, 6) is -1.48. The molecule has 8 heteroatoms. The predicted molar refractivity (Wildman–Crippen MR) is 95.6 cm³/mol. The Morgan fingerprint density at radius 3 is 2.31 bits per heavy atom. The van der Waals surface area contributed by atoms with E-state index >= 15 is 0 Å². The van der Waals surface area contributed by atoms with Crippen LogP contribution in [0.5, 0.6) is 0 Å². The van der Waals surface area contributed by atoms with Gasteiger partial charge >= 0.3 is 0 Å². The summed E-state index contributed by atoms with van der Waals surface area (Å²) in [5.41, 5.74) is -0.244. The van der Waals surface area contributed by atoms with E-state index in [1.165, 1.54) is 37.4 Å². The molecule has 1 N–H and O–H groups in total. The molecule has 0 aromatic heterocycles. The number of carboxylic acid groups (broad SMARTS) is 1. The molecular formula is C18H14NO5S2-. The maximum absolute atomic E-state index is 13.1. The van der Waals surface area contributed by atoms with Crippen molar-refractivity contribution in [2.75, 3.05) is 7.05 Å². The van der Waals surface area contributed by atoms with Gasteiger partial charge in [0.15, 0.2) is 0 Å². The molecule has 0 saturated carbocycles. The van der Waals surface area contributed by atoms with E-state index in [9.17, 15) is 22.5 Å². The highest BCUT2D eigenvalue weighted by Gasteiger charge is 2.25. The van der Waals surface area contributed by atoms with E-state index in [0.29, 0.717) is 10.8 Å². The first-order chi connectivity index (χ1) is 12.4. The van der Waals surface area contributed by atoms with E-state index in [2.05, 4.69) is 4.72 Å². The highest BCUT2D eigenvalue weighted by Crippen LogP contribution is 2.32. The van der Waals surface area contributed by atoms with Gasteiger partial charge in [-0.05, 0) is 24.6 Å². The summed E-state index contributed by atoms with van der Waals surface area (Å²) in [7, 11) is -4.72. The number of sulfonamides is 1. The molecule has 6 nitrogen and oxygen atoms in total. The molecule has 134 valence electrons. The Hall–Kier alpha value is -2.55. The molecule has 0 bridgehead atoms. The summed E-state index contributed by atoms with van der Waals surface area (Å²) in [6, 6.07) is 15.6. The number of nitrogens with one attached hydrogen (secondary N) is 1. The Kier molecular flexibility index (Phi) is 4.90. The van der Waals surface area contributed by atoms with Crippen LogP contribution in [0, 0.1) is 0 Å². The second kappa shape index (κ2) is 6.99. The Morgan fingerprint density at radius 2 is 1.62 bits per heavy atom. The van der Waals surface area contributed by atoms with Crippen LogP contribution in [0.15, 0.2) is 75.4 Å². The lowest BCUT2D eigenvalue weighted by atomic mass is 10.1. The van der Waals surface area contributed by atoms with Crippen LogP contribution in [0.4, 0.5) is 0 Å². The smallest absolute Gasteiger partial charge is 0.242 e. The van der Waals surface area contributed by atoms with Crippen molar-refractivity contribution < 1.29 is 22.5 Å². The SMILES string of the molecule is CNS(=O)(=O)c1c([S@@](=O)c2ccccc2C(=O)[O-])ccc2ccccc12. The predicted octanol–water partition coefficient (Wildman–Crippen LogP) is 1.28. The van der Waals surface area contributed by atoms with E-state index in [1.54, 1.807) is 30.3 Å². The Morgan fingerprint density at radius 1 is 0.962 bits per heavy atom. The van der Waals surface area contributed by atoms with Crippen LogP contribution in [-0.2, 0) is 20.8 Å². The lowest BCUT2D eigenvalue weighted by molar-refractivity contribution is -0.255. The van der Waals surface area contributed by atoms with Crippen LogP contribution < -0.4 is 9.83 Å². The molecule has 1 atom stereocenters. The van der Waals surface area contributed by atoms with Crippen molar-refractivity contribution in [3.63, 3.8) is 0 Å². The summed E-state index contributed by atoms with van der Waals surface area (Å²) >= 11 is 0. The minimum atomic E-state index is -3.95. The molecule has 0 spiro atoms. The van der Waals surface area contributed by atoms with Gasteiger partial charge in [-0.2, -0.15) is 0 Å². The van der Waals surface area contributed by atoms with Gasteiger partial charge in [0.1, 0.15) is 4.90 Å². The minimum absolute atomic E-state index is 0.00625. The number of fused-ring (bicyclic) bond motifs is 1. The third kappa shape index (κ3) is 3.14. The molecule has 0 radical (unpaired) electrons. The summed E-state index contributed by atoms with van der Waals surface area (Å²) in [6.45, 7) is 0. The zero-order chi connectivity index (χ0) is 18.9. The maximum atomic E-state index is 13.1.